The smallest absolute Gasteiger partial charge is 0.333 e. The van der Waals surface area contributed by atoms with Crippen LogP contribution in [0, 0.1) is 0 Å². The molecule has 0 spiro atoms. The molecule has 0 unspecified atom stereocenters. The van der Waals surface area contributed by atoms with E-state index in [1.165, 1.54) is 0 Å². The van der Waals surface area contributed by atoms with Gasteiger partial charge in [0, 0.05) is 18.3 Å². The fourth-order valence-corrected chi connectivity index (χ4v) is 0.859. The van der Waals surface area contributed by atoms with Crippen LogP contribution in [0.5, 0.6) is 0 Å². The van der Waals surface area contributed by atoms with Crippen LogP contribution in [0.1, 0.15) is 13.8 Å². The highest BCUT2D eigenvalue weighted by Crippen LogP contribution is 2.01. The topological polar surface area (TPSA) is 38.3 Å². The molecule has 0 aliphatic heterocycles. The first-order valence-electron chi connectivity index (χ1n) is 5.17. The van der Waals surface area contributed by atoms with Gasteiger partial charge in [-0.15, -0.1) is 0 Å². The Balaban J connectivity index is 0.000000281. The zero-order valence-corrected chi connectivity index (χ0v) is 10.1. The van der Waals surface area contributed by atoms with Crippen molar-refractivity contribution in [2.24, 2.45) is 0 Å². The van der Waals surface area contributed by atoms with Crippen molar-refractivity contribution in [3.05, 3.63) is 42.5 Å². The highest BCUT2D eigenvalue weighted by molar-refractivity contribution is 5.86. The van der Waals surface area contributed by atoms with Crippen molar-refractivity contribution in [1.82, 2.24) is 0 Å². The summed E-state index contributed by atoms with van der Waals surface area (Å²) in [7, 11) is 1.91. The molecule has 1 aromatic rings. The summed E-state index contributed by atoms with van der Waals surface area (Å²) in [6.45, 7) is 7.21. The predicted molar refractivity (Wildman–Crippen MR) is 67.4 cm³/mol. The van der Waals surface area contributed by atoms with Gasteiger partial charge >= 0.3 is 5.97 Å². The van der Waals surface area contributed by atoms with Crippen LogP contribution < -0.4 is 5.32 Å². The van der Waals surface area contributed by atoms with E-state index < -0.39 is 0 Å². The van der Waals surface area contributed by atoms with Gasteiger partial charge in [0.2, 0.25) is 0 Å². The third-order valence-corrected chi connectivity index (χ3v) is 1.69. The zero-order valence-electron chi connectivity index (χ0n) is 10.1. The lowest BCUT2D eigenvalue weighted by Crippen LogP contribution is -2.03. The largest absolute Gasteiger partial charge is 0.463 e. The SMILES string of the molecule is C=C(C)C(=O)OCC.CNc1ccccc1. The molecule has 0 atom stereocenters. The van der Waals surface area contributed by atoms with E-state index in [0.29, 0.717) is 12.2 Å². The van der Waals surface area contributed by atoms with Crippen LogP contribution in [-0.4, -0.2) is 19.6 Å². The van der Waals surface area contributed by atoms with Gasteiger partial charge < -0.3 is 10.1 Å². The second-order valence-electron chi connectivity index (χ2n) is 3.12. The molecule has 0 fully saturated rings. The molecule has 0 amide bonds. The Morgan fingerprint density at radius 2 is 1.94 bits per heavy atom. The number of rotatable bonds is 3. The monoisotopic (exact) mass is 221 g/mol. The van der Waals surface area contributed by atoms with E-state index >= 15 is 0 Å². The molecule has 16 heavy (non-hydrogen) atoms. The Kier molecular flexibility index (Phi) is 7.59. The van der Waals surface area contributed by atoms with Gasteiger partial charge in [-0.05, 0) is 26.0 Å². The number of carbonyl (C=O) groups excluding carboxylic acids is 1. The molecule has 1 N–H and O–H groups in total. The number of ether oxygens (including phenoxy) is 1. The van der Waals surface area contributed by atoms with E-state index in [-0.39, 0.29) is 5.97 Å². The lowest BCUT2D eigenvalue weighted by Gasteiger charge is -1.96. The van der Waals surface area contributed by atoms with Gasteiger partial charge in [0.25, 0.3) is 0 Å². The number of anilines is 1. The molecule has 3 heteroatoms. The molecule has 1 aromatic carbocycles. The molecule has 0 radical (unpaired) electrons. The van der Waals surface area contributed by atoms with E-state index in [1.807, 2.05) is 37.4 Å². The first-order valence-corrected chi connectivity index (χ1v) is 5.17. The van der Waals surface area contributed by atoms with E-state index in [2.05, 4.69) is 16.6 Å². The maximum atomic E-state index is 10.4. The minimum Gasteiger partial charge on any atom is -0.463 e. The third kappa shape index (κ3) is 6.65. The Labute approximate surface area is 97.1 Å². The van der Waals surface area contributed by atoms with Crippen LogP contribution in [0.3, 0.4) is 0 Å². The van der Waals surface area contributed by atoms with Gasteiger partial charge in [0.1, 0.15) is 0 Å². The van der Waals surface area contributed by atoms with Crippen molar-refractivity contribution < 1.29 is 9.53 Å². The average molecular weight is 221 g/mol. The van der Waals surface area contributed by atoms with E-state index in [0.717, 1.165) is 5.69 Å². The highest BCUT2D eigenvalue weighted by Gasteiger charge is 1.98. The minimum absolute atomic E-state index is 0.312. The summed E-state index contributed by atoms with van der Waals surface area (Å²) in [6, 6.07) is 10.1. The van der Waals surface area contributed by atoms with Gasteiger partial charge in [-0.3, -0.25) is 0 Å². The van der Waals surface area contributed by atoms with Gasteiger partial charge in [0.15, 0.2) is 0 Å². The second kappa shape index (κ2) is 8.53. The predicted octanol–water partition coefficient (Wildman–Crippen LogP) is 2.85. The number of hydrogen-bond donors (Lipinski definition) is 1. The normalized spacial score (nSPS) is 8.44. The summed E-state index contributed by atoms with van der Waals surface area (Å²) in [6.07, 6.45) is 0. The lowest BCUT2D eigenvalue weighted by molar-refractivity contribution is -0.138. The van der Waals surface area contributed by atoms with Gasteiger partial charge in [-0.1, -0.05) is 24.8 Å². The quantitative estimate of drug-likeness (QED) is 0.630. The molecule has 0 heterocycles. The third-order valence-electron chi connectivity index (χ3n) is 1.69. The average Bonchev–Trinajstić information content (AvgIpc) is 2.31. The van der Waals surface area contributed by atoms with Gasteiger partial charge in [0.05, 0.1) is 6.61 Å². The van der Waals surface area contributed by atoms with Crippen molar-refractivity contribution in [2.45, 2.75) is 13.8 Å². The maximum absolute atomic E-state index is 10.4. The molecule has 0 aliphatic rings. The first kappa shape index (κ1) is 14.2. The summed E-state index contributed by atoms with van der Waals surface area (Å²) >= 11 is 0. The number of benzene rings is 1. The Morgan fingerprint density at radius 3 is 2.19 bits per heavy atom. The van der Waals surface area contributed by atoms with Crippen LogP contribution in [0.15, 0.2) is 42.5 Å². The van der Waals surface area contributed by atoms with Crippen LogP contribution in [0.4, 0.5) is 5.69 Å². The summed E-state index contributed by atoms with van der Waals surface area (Å²) < 4.78 is 4.56. The van der Waals surface area contributed by atoms with Crippen LogP contribution >= 0.6 is 0 Å². The Bertz CT molecular complexity index is 320. The van der Waals surface area contributed by atoms with Gasteiger partial charge in [-0.2, -0.15) is 0 Å². The number of para-hydroxylation sites is 1. The zero-order chi connectivity index (χ0) is 12.4. The lowest BCUT2D eigenvalue weighted by atomic mass is 10.3. The van der Waals surface area contributed by atoms with E-state index in [1.54, 1.807) is 13.8 Å². The Hall–Kier alpha value is -1.77. The van der Waals surface area contributed by atoms with E-state index in [9.17, 15) is 4.79 Å². The summed E-state index contributed by atoms with van der Waals surface area (Å²) in [5, 5.41) is 3.03. The number of esters is 1. The van der Waals surface area contributed by atoms with Crippen molar-refractivity contribution in [3.63, 3.8) is 0 Å². The first-order chi connectivity index (χ1) is 7.61. The summed E-state index contributed by atoms with van der Waals surface area (Å²) in [5.41, 5.74) is 1.61. The minimum atomic E-state index is -0.312. The molecular formula is C13H19NO2. The highest BCUT2D eigenvalue weighted by atomic mass is 16.5. The molecule has 88 valence electrons. The van der Waals surface area contributed by atoms with Crippen LogP contribution in [0.2, 0.25) is 0 Å². The van der Waals surface area contributed by atoms with Crippen molar-refractivity contribution in [2.75, 3.05) is 19.0 Å². The fourth-order valence-electron chi connectivity index (χ4n) is 0.859. The van der Waals surface area contributed by atoms with Crippen LogP contribution in [-0.2, 0) is 9.53 Å². The number of carbonyl (C=O) groups is 1. The molecule has 0 aliphatic carbocycles. The molecule has 3 nitrogen and oxygen atoms in total. The molecule has 1 rings (SSSR count). The fraction of sp³-hybridized carbons (Fsp3) is 0.308. The van der Waals surface area contributed by atoms with Crippen molar-refractivity contribution in [1.29, 1.82) is 0 Å². The van der Waals surface area contributed by atoms with E-state index in [4.69, 9.17) is 0 Å². The molecule has 0 aromatic heterocycles. The summed E-state index contributed by atoms with van der Waals surface area (Å²) in [4.78, 5) is 10.4. The van der Waals surface area contributed by atoms with Gasteiger partial charge in [-0.25, -0.2) is 4.79 Å². The second-order valence-corrected chi connectivity index (χ2v) is 3.12. The van der Waals surface area contributed by atoms with Crippen molar-refractivity contribution >= 4 is 11.7 Å². The summed E-state index contributed by atoms with van der Waals surface area (Å²) in [5.74, 6) is -0.312. The Morgan fingerprint density at radius 1 is 1.38 bits per heavy atom. The van der Waals surface area contributed by atoms with Crippen molar-refractivity contribution in [3.8, 4) is 0 Å². The molecular weight excluding hydrogens is 202 g/mol. The number of nitrogens with one attached hydrogen (secondary N) is 1. The maximum Gasteiger partial charge on any atom is 0.333 e. The van der Waals surface area contributed by atoms with Crippen LogP contribution in [0.25, 0.3) is 0 Å². The molecule has 0 bridgehead atoms. The number of hydrogen-bond acceptors (Lipinski definition) is 3. The molecule has 0 saturated carbocycles. The standard InChI is InChI=1S/C7H9N.C6H10O2/c1-8-7-5-3-2-4-6-7;1-4-8-6(7)5(2)3/h2-6,8H,1H3;2,4H2,1,3H3. The molecule has 0 saturated heterocycles.